The van der Waals surface area contributed by atoms with E-state index in [9.17, 15) is 35.6 Å². The van der Waals surface area contributed by atoms with Crippen LogP contribution < -0.4 is 16.0 Å². The maximum absolute atomic E-state index is 15.3. The zero-order valence-corrected chi connectivity index (χ0v) is 26.5. The number of piperazine rings is 1. The van der Waals surface area contributed by atoms with Gasteiger partial charge in [0.2, 0.25) is 21.8 Å². The van der Waals surface area contributed by atoms with Crippen molar-refractivity contribution in [3.8, 4) is 0 Å². The van der Waals surface area contributed by atoms with E-state index in [0.29, 0.717) is 19.5 Å². The number of aromatic nitrogens is 2. The van der Waals surface area contributed by atoms with E-state index in [2.05, 4.69) is 25.9 Å². The molecule has 0 saturated carbocycles. The number of halogens is 5. The molecule has 2 bridgehead atoms. The minimum Gasteiger partial charge on any atom is -0.453 e. The fourth-order valence-electron chi connectivity index (χ4n) is 6.07. The molecule has 1 unspecified atom stereocenters. The van der Waals surface area contributed by atoms with Crippen molar-refractivity contribution >= 4 is 27.7 Å². The van der Waals surface area contributed by atoms with Crippen LogP contribution >= 0.6 is 0 Å². The van der Waals surface area contributed by atoms with Crippen LogP contribution in [0, 0.1) is 11.6 Å². The van der Waals surface area contributed by atoms with Crippen LogP contribution in [-0.2, 0) is 32.2 Å². The van der Waals surface area contributed by atoms with Crippen molar-refractivity contribution in [2.75, 3.05) is 31.3 Å². The number of fused-ring (bicyclic) bond motifs is 2. The largest absolute Gasteiger partial charge is 0.453 e. The fraction of sp³-hybridized carbons (Fsp3) is 0.419. The Labute approximate surface area is 273 Å². The molecular formula is C31H33F5N6O5S. The quantitative estimate of drug-likeness (QED) is 0.286. The smallest absolute Gasteiger partial charge is 0.451 e. The van der Waals surface area contributed by atoms with Gasteiger partial charge in [0.25, 0.3) is 0 Å². The van der Waals surface area contributed by atoms with Crippen molar-refractivity contribution in [1.82, 2.24) is 24.9 Å². The highest BCUT2D eigenvalue weighted by Gasteiger charge is 2.39. The first kappa shape index (κ1) is 35.1. The number of methoxy groups -OCH3 is 1. The van der Waals surface area contributed by atoms with Gasteiger partial charge in [0.1, 0.15) is 17.7 Å². The Balaban J connectivity index is 1.46. The van der Waals surface area contributed by atoms with Crippen LogP contribution in [0.1, 0.15) is 47.7 Å². The molecule has 48 heavy (non-hydrogen) atoms. The van der Waals surface area contributed by atoms with E-state index >= 15 is 4.39 Å². The summed E-state index contributed by atoms with van der Waals surface area (Å²) in [6.07, 6.45) is -2.72. The number of carbonyl (C=O) groups is 2. The monoisotopic (exact) mass is 696 g/mol. The van der Waals surface area contributed by atoms with E-state index in [0.717, 1.165) is 38.1 Å². The van der Waals surface area contributed by atoms with Crippen molar-refractivity contribution in [2.24, 2.45) is 0 Å². The number of nitrogens with one attached hydrogen (secondary N) is 3. The molecule has 2 aliphatic rings. The predicted molar refractivity (Wildman–Crippen MR) is 163 cm³/mol. The van der Waals surface area contributed by atoms with E-state index in [1.807, 2.05) is 0 Å². The number of benzene rings is 2. The molecule has 0 aliphatic carbocycles. The summed E-state index contributed by atoms with van der Waals surface area (Å²) in [4.78, 5) is 33.2. The zero-order valence-electron chi connectivity index (χ0n) is 25.6. The molecule has 3 N–H and O–H groups in total. The van der Waals surface area contributed by atoms with Gasteiger partial charge in [-0.2, -0.15) is 17.5 Å². The maximum atomic E-state index is 15.3. The Morgan fingerprint density at radius 2 is 1.79 bits per heavy atom. The highest BCUT2D eigenvalue weighted by molar-refractivity contribution is 7.89. The minimum absolute atomic E-state index is 0.0243. The predicted octanol–water partition coefficient (Wildman–Crippen LogP) is 3.97. The molecule has 5 atom stereocenters. The molecule has 2 fully saturated rings. The number of alkyl halides is 3. The van der Waals surface area contributed by atoms with E-state index in [-0.39, 0.29) is 47.0 Å². The number of hydrogen-bond donors (Lipinski definition) is 3. The minimum atomic E-state index is -4.86. The lowest BCUT2D eigenvalue weighted by molar-refractivity contribution is -0.145. The second kappa shape index (κ2) is 14.5. The molecule has 3 heterocycles. The third-order valence-corrected chi connectivity index (χ3v) is 10.4. The number of sulfonamides is 1. The molecule has 2 amide bonds. The number of nitrogens with zero attached hydrogens (tertiary/aromatic N) is 3. The summed E-state index contributed by atoms with van der Waals surface area (Å²) >= 11 is 0. The highest BCUT2D eigenvalue weighted by atomic mass is 32.2. The fourth-order valence-corrected chi connectivity index (χ4v) is 7.88. The lowest BCUT2D eigenvalue weighted by atomic mass is 9.85. The van der Waals surface area contributed by atoms with Gasteiger partial charge in [-0.3, -0.25) is 4.79 Å². The molecule has 2 aromatic carbocycles. The Kier molecular flexibility index (Phi) is 10.6. The molecule has 5 rings (SSSR count). The topological polar surface area (TPSA) is 143 Å². The van der Waals surface area contributed by atoms with Gasteiger partial charge in [-0.25, -0.2) is 32.0 Å². The molecule has 1 aromatic heterocycles. The summed E-state index contributed by atoms with van der Waals surface area (Å²) in [5.41, 5.74) is 0.275. The number of hydrogen-bond acceptors (Lipinski definition) is 8. The number of alkyl carbamates (subject to hydrolysis) is 1. The summed E-state index contributed by atoms with van der Waals surface area (Å²) in [6.45, 7) is 0.687. The Hall–Kier alpha value is -4.22. The van der Waals surface area contributed by atoms with Crippen molar-refractivity contribution in [2.45, 2.75) is 55.9 Å². The normalized spacial score (nSPS) is 21.8. The van der Waals surface area contributed by atoms with E-state index < -0.39 is 63.7 Å². The van der Waals surface area contributed by atoms with E-state index in [1.165, 1.54) is 34.6 Å². The van der Waals surface area contributed by atoms with E-state index in [4.69, 9.17) is 4.74 Å². The van der Waals surface area contributed by atoms with Gasteiger partial charge in [-0.15, -0.1) is 0 Å². The van der Waals surface area contributed by atoms with Crippen LogP contribution in [0.2, 0.25) is 0 Å². The van der Waals surface area contributed by atoms with Crippen LogP contribution in [0.15, 0.2) is 54.9 Å². The first-order valence-electron chi connectivity index (χ1n) is 15.1. The molecule has 2 aliphatic heterocycles. The molecule has 0 radical (unpaired) electrons. The number of rotatable bonds is 9. The molecule has 17 heteroatoms. The molecule has 11 nitrogen and oxygen atoms in total. The number of ether oxygens (including phenoxy) is 1. The maximum Gasteiger partial charge on any atom is 0.451 e. The lowest BCUT2D eigenvalue weighted by Gasteiger charge is -2.37. The SMILES string of the molecule is COC(=O)N[C@H](C(=O)Nc1cccc(F)c1CC[C@H]1CN[C@@H]2CCCS(=O)(=O)N1C2)[C@@H](c1ccc(F)cc1)c1cnc(C(F)(F)F)nc1. The first-order valence-corrected chi connectivity index (χ1v) is 16.7. The van der Waals surface area contributed by atoms with Crippen molar-refractivity contribution in [3.63, 3.8) is 0 Å². The van der Waals surface area contributed by atoms with Gasteiger partial charge >= 0.3 is 12.3 Å². The van der Waals surface area contributed by atoms with Crippen LogP contribution in [0.3, 0.4) is 0 Å². The van der Waals surface area contributed by atoms with Crippen molar-refractivity contribution < 1.29 is 44.7 Å². The van der Waals surface area contributed by atoms with Gasteiger partial charge in [0, 0.05) is 54.7 Å². The highest BCUT2D eigenvalue weighted by Crippen LogP contribution is 2.32. The summed E-state index contributed by atoms with van der Waals surface area (Å²) < 4.78 is 101. The van der Waals surface area contributed by atoms with Gasteiger partial charge in [-0.1, -0.05) is 18.2 Å². The van der Waals surface area contributed by atoms with Crippen molar-refractivity contribution in [1.29, 1.82) is 0 Å². The number of carbonyl (C=O) groups excluding carboxylic acids is 2. The second-order valence-electron chi connectivity index (χ2n) is 11.6. The molecule has 3 aromatic rings. The molecule has 258 valence electrons. The molecule has 2 saturated heterocycles. The molecular weight excluding hydrogens is 663 g/mol. The van der Waals surface area contributed by atoms with Crippen LogP contribution in [0.5, 0.6) is 0 Å². The second-order valence-corrected chi connectivity index (χ2v) is 13.6. The summed E-state index contributed by atoms with van der Waals surface area (Å²) in [7, 11) is -2.47. The van der Waals surface area contributed by atoms with Crippen molar-refractivity contribution in [3.05, 3.63) is 89.0 Å². The Morgan fingerprint density at radius 1 is 1.08 bits per heavy atom. The zero-order chi connectivity index (χ0) is 34.6. The van der Waals surface area contributed by atoms with Gasteiger partial charge in [0.15, 0.2) is 0 Å². The lowest BCUT2D eigenvalue weighted by Crippen LogP contribution is -2.57. The summed E-state index contributed by atoms with van der Waals surface area (Å²) in [5, 5.41) is 8.35. The van der Waals surface area contributed by atoms with E-state index in [1.54, 1.807) is 0 Å². The van der Waals surface area contributed by atoms with Gasteiger partial charge in [-0.05, 0) is 61.1 Å². The average Bonchev–Trinajstić information content (AvgIpc) is 3.16. The summed E-state index contributed by atoms with van der Waals surface area (Å²) in [6, 6.07) is 6.63. The third kappa shape index (κ3) is 8.07. The Bertz CT molecular complexity index is 1730. The number of anilines is 1. The van der Waals surface area contributed by atoms with Crippen LogP contribution in [-0.4, -0.2) is 78.8 Å². The number of amides is 2. The first-order chi connectivity index (χ1) is 22.8. The average molecular weight is 697 g/mol. The van der Waals surface area contributed by atoms with Crippen LogP contribution in [0.4, 0.5) is 32.4 Å². The Morgan fingerprint density at radius 3 is 2.46 bits per heavy atom. The summed E-state index contributed by atoms with van der Waals surface area (Å²) in [5.74, 6) is -4.90. The standard InChI is InChI=1S/C31H33F5N6O5S/c1-47-30(44)41-27(26(18-7-9-20(32)10-8-18)19-14-38-29(39-15-19)31(34,35)36)28(43)40-25-6-2-5-24(33)23(25)12-11-22-16-37-21-4-3-13-48(45,46)42(22)17-21/h2,5-10,14-15,21-22,26-27,37H,3-4,11-13,16-17H2,1H3,(H,40,43)(H,41,44)/t21-,22+,26+,27+/m1/s1. The third-order valence-electron chi connectivity index (χ3n) is 8.45. The molecule has 0 spiro atoms. The van der Waals surface area contributed by atoms with Crippen LogP contribution in [0.25, 0.3) is 0 Å². The van der Waals surface area contributed by atoms with Gasteiger partial charge < -0.3 is 20.7 Å². The van der Waals surface area contributed by atoms with Gasteiger partial charge in [0.05, 0.1) is 12.9 Å².